The van der Waals surface area contributed by atoms with Gasteiger partial charge in [0.1, 0.15) is 6.04 Å². The molecule has 8 nitrogen and oxygen atoms in total. The van der Waals surface area contributed by atoms with Crippen molar-refractivity contribution in [1.82, 2.24) is 10.2 Å². The number of amides is 3. The molecular formula is C13H11N5O3. The van der Waals surface area contributed by atoms with Gasteiger partial charge in [-0.3, -0.25) is 19.7 Å². The first-order valence-corrected chi connectivity index (χ1v) is 6.43. The fraction of sp³-hybridized carbons (Fsp3) is 0.308. The molecule has 2 heterocycles. The Balaban J connectivity index is 1.94. The van der Waals surface area contributed by atoms with E-state index in [1.807, 2.05) is 0 Å². The fourth-order valence-corrected chi connectivity index (χ4v) is 2.73. The molecule has 0 aliphatic carbocycles. The molecular weight excluding hydrogens is 274 g/mol. The minimum absolute atomic E-state index is 0.208. The van der Waals surface area contributed by atoms with Crippen LogP contribution < -0.4 is 5.32 Å². The van der Waals surface area contributed by atoms with Gasteiger partial charge in [-0.05, 0) is 17.5 Å². The Morgan fingerprint density at radius 2 is 2.14 bits per heavy atom. The molecule has 1 unspecified atom stereocenters. The first kappa shape index (κ1) is 13.1. The van der Waals surface area contributed by atoms with Crippen molar-refractivity contribution in [3.8, 4) is 0 Å². The Morgan fingerprint density at radius 3 is 2.86 bits per heavy atom. The number of rotatable bonds is 2. The molecule has 8 heteroatoms. The lowest BCUT2D eigenvalue weighted by Gasteiger charge is -2.29. The maximum Gasteiger partial charge on any atom is 0.255 e. The molecule has 0 bridgehead atoms. The standard InChI is InChI=1S/C13H11N5O3/c14-17-16-8-3-1-2-7-6-18(13(21)11(7)8)9-4-5-10(19)15-12(9)20/h1-3,9H,4-6H2,(H,15,19,20). The highest BCUT2D eigenvalue weighted by Crippen LogP contribution is 2.33. The molecule has 0 spiro atoms. The fourth-order valence-electron chi connectivity index (χ4n) is 2.73. The summed E-state index contributed by atoms with van der Waals surface area (Å²) >= 11 is 0. The lowest BCUT2D eigenvalue weighted by atomic mass is 10.0. The number of fused-ring (bicyclic) bond motifs is 1. The smallest absolute Gasteiger partial charge is 0.255 e. The third kappa shape index (κ3) is 2.11. The van der Waals surface area contributed by atoms with Crippen molar-refractivity contribution >= 4 is 23.4 Å². The minimum atomic E-state index is -0.665. The normalized spacial score (nSPS) is 20.9. The number of imide groups is 1. The summed E-state index contributed by atoms with van der Waals surface area (Å²) in [6, 6.07) is 4.35. The van der Waals surface area contributed by atoms with Gasteiger partial charge in [-0.2, -0.15) is 0 Å². The van der Waals surface area contributed by atoms with Gasteiger partial charge in [0, 0.05) is 17.9 Å². The average molecular weight is 285 g/mol. The highest BCUT2D eigenvalue weighted by Gasteiger charge is 2.39. The maximum atomic E-state index is 12.5. The van der Waals surface area contributed by atoms with Gasteiger partial charge in [-0.15, -0.1) is 0 Å². The molecule has 21 heavy (non-hydrogen) atoms. The molecule has 106 valence electrons. The summed E-state index contributed by atoms with van der Waals surface area (Å²) in [6.07, 6.45) is 0.515. The van der Waals surface area contributed by atoms with Crippen molar-refractivity contribution in [2.45, 2.75) is 25.4 Å². The third-order valence-corrected chi connectivity index (χ3v) is 3.68. The van der Waals surface area contributed by atoms with E-state index in [-0.39, 0.29) is 30.5 Å². The number of benzene rings is 1. The van der Waals surface area contributed by atoms with E-state index in [2.05, 4.69) is 15.3 Å². The Labute approximate surface area is 119 Å². The summed E-state index contributed by atoms with van der Waals surface area (Å²) in [7, 11) is 0. The predicted molar refractivity (Wildman–Crippen MR) is 71.3 cm³/mol. The highest BCUT2D eigenvalue weighted by molar-refractivity contribution is 6.07. The van der Waals surface area contributed by atoms with Crippen LogP contribution in [0.3, 0.4) is 0 Å². The largest absolute Gasteiger partial charge is 0.322 e. The topological polar surface area (TPSA) is 115 Å². The van der Waals surface area contributed by atoms with E-state index < -0.39 is 11.9 Å². The summed E-state index contributed by atoms with van der Waals surface area (Å²) in [5.74, 6) is -1.13. The molecule has 1 aromatic carbocycles. The monoisotopic (exact) mass is 285 g/mol. The molecule has 1 saturated heterocycles. The van der Waals surface area contributed by atoms with Crippen LogP contribution in [0, 0.1) is 0 Å². The number of piperidine rings is 1. The molecule has 0 saturated carbocycles. The first-order chi connectivity index (χ1) is 10.1. The van der Waals surface area contributed by atoms with E-state index in [0.717, 1.165) is 5.56 Å². The molecule has 3 rings (SSSR count). The maximum absolute atomic E-state index is 12.5. The van der Waals surface area contributed by atoms with Gasteiger partial charge in [0.15, 0.2) is 0 Å². The number of nitrogens with zero attached hydrogens (tertiary/aromatic N) is 4. The van der Waals surface area contributed by atoms with Crippen molar-refractivity contribution in [2.75, 3.05) is 0 Å². The van der Waals surface area contributed by atoms with E-state index in [9.17, 15) is 14.4 Å². The van der Waals surface area contributed by atoms with Crippen LogP contribution in [0.1, 0.15) is 28.8 Å². The second kappa shape index (κ2) is 4.92. The van der Waals surface area contributed by atoms with Crippen molar-refractivity contribution in [3.63, 3.8) is 0 Å². The van der Waals surface area contributed by atoms with Crippen molar-refractivity contribution in [3.05, 3.63) is 39.8 Å². The number of carbonyl (C=O) groups is 3. The predicted octanol–water partition coefficient (Wildman–Crippen LogP) is 1.39. The highest BCUT2D eigenvalue weighted by atomic mass is 16.2. The zero-order valence-corrected chi connectivity index (χ0v) is 10.9. The van der Waals surface area contributed by atoms with E-state index in [0.29, 0.717) is 12.0 Å². The molecule has 3 amide bonds. The molecule has 2 aliphatic heterocycles. The lowest BCUT2D eigenvalue weighted by molar-refractivity contribution is -0.136. The zero-order chi connectivity index (χ0) is 15.0. The summed E-state index contributed by atoms with van der Waals surface area (Å²) in [5, 5.41) is 5.76. The van der Waals surface area contributed by atoms with Crippen LogP contribution in [0.15, 0.2) is 23.3 Å². The van der Waals surface area contributed by atoms with Gasteiger partial charge < -0.3 is 4.90 Å². The molecule has 0 radical (unpaired) electrons. The van der Waals surface area contributed by atoms with Crippen LogP contribution in [-0.2, 0) is 16.1 Å². The summed E-state index contributed by atoms with van der Waals surface area (Å²) in [4.78, 5) is 39.7. The van der Waals surface area contributed by atoms with Crippen LogP contribution in [0.5, 0.6) is 0 Å². The van der Waals surface area contributed by atoms with Gasteiger partial charge in [0.25, 0.3) is 5.91 Å². The zero-order valence-electron chi connectivity index (χ0n) is 10.9. The molecule has 1 N–H and O–H groups in total. The van der Waals surface area contributed by atoms with Gasteiger partial charge in [-0.1, -0.05) is 23.3 Å². The minimum Gasteiger partial charge on any atom is -0.322 e. The van der Waals surface area contributed by atoms with E-state index in [1.54, 1.807) is 18.2 Å². The van der Waals surface area contributed by atoms with Crippen LogP contribution in [0.2, 0.25) is 0 Å². The van der Waals surface area contributed by atoms with Gasteiger partial charge >= 0.3 is 0 Å². The Morgan fingerprint density at radius 1 is 1.33 bits per heavy atom. The Kier molecular flexibility index (Phi) is 3.08. The van der Waals surface area contributed by atoms with E-state index in [1.165, 1.54) is 4.90 Å². The second-order valence-electron chi connectivity index (χ2n) is 4.90. The van der Waals surface area contributed by atoms with Crippen molar-refractivity contribution < 1.29 is 14.4 Å². The van der Waals surface area contributed by atoms with E-state index in [4.69, 9.17) is 5.53 Å². The molecule has 2 aliphatic rings. The van der Waals surface area contributed by atoms with Crippen molar-refractivity contribution in [2.24, 2.45) is 5.11 Å². The SMILES string of the molecule is [N-]=[N+]=Nc1cccc2c1C(=O)N(C1CCC(=O)NC1=O)C2. The van der Waals surface area contributed by atoms with Crippen molar-refractivity contribution in [1.29, 1.82) is 0 Å². The average Bonchev–Trinajstić information content (AvgIpc) is 2.78. The number of hydrogen-bond donors (Lipinski definition) is 1. The van der Waals surface area contributed by atoms with Crippen LogP contribution >= 0.6 is 0 Å². The number of azide groups is 1. The number of hydrogen-bond acceptors (Lipinski definition) is 4. The second-order valence-corrected chi connectivity index (χ2v) is 4.90. The summed E-state index contributed by atoms with van der Waals surface area (Å²) in [6.45, 7) is 0.273. The Hall–Kier alpha value is -2.86. The quantitative estimate of drug-likeness (QED) is 0.383. The molecule has 0 aromatic heterocycles. The van der Waals surface area contributed by atoms with Gasteiger partial charge in [0.05, 0.1) is 11.3 Å². The summed E-state index contributed by atoms with van der Waals surface area (Å²) < 4.78 is 0. The molecule has 1 aromatic rings. The third-order valence-electron chi connectivity index (χ3n) is 3.68. The molecule has 1 fully saturated rings. The van der Waals surface area contributed by atoms with Crippen LogP contribution in [0.4, 0.5) is 5.69 Å². The summed E-state index contributed by atoms with van der Waals surface area (Å²) in [5.41, 5.74) is 9.86. The lowest BCUT2D eigenvalue weighted by Crippen LogP contribution is -2.52. The van der Waals surface area contributed by atoms with Gasteiger partial charge in [0.2, 0.25) is 11.8 Å². The number of carbonyl (C=O) groups excluding carboxylic acids is 3. The first-order valence-electron chi connectivity index (χ1n) is 6.43. The molecule has 1 atom stereocenters. The van der Waals surface area contributed by atoms with E-state index >= 15 is 0 Å². The Bertz CT molecular complexity index is 708. The van der Waals surface area contributed by atoms with Gasteiger partial charge in [-0.25, -0.2) is 0 Å². The van der Waals surface area contributed by atoms with Crippen LogP contribution in [0.25, 0.3) is 10.4 Å². The number of nitrogens with one attached hydrogen (secondary N) is 1. The van der Waals surface area contributed by atoms with Crippen LogP contribution in [-0.4, -0.2) is 28.7 Å².